The molecule has 1 aliphatic heterocycles. The summed E-state index contributed by atoms with van der Waals surface area (Å²) in [5.41, 5.74) is 2.31. The Bertz CT molecular complexity index is 900. The molecule has 2 aliphatic rings. The fourth-order valence-corrected chi connectivity index (χ4v) is 4.64. The van der Waals surface area contributed by atoms with Gasteiger partial charge in [-0.15, -0.1) is 0 Å². The van der Waals surface area contributed by atoms with Crippen molar-refractivity contribution in [3.05, 3.63) is 76.9 Å². The Labute approximate surface area is 169 Å². The van der Waals surface area contributed by atoms with E-state index in [-0.39, 0.29) is 11.6 Å². The van der Waals surface area contributed by atoms with E-state index in [0.717, 1.165) is 62.4 Å². The molecule has 1 unspecified atom stereocenters. The maximum Gasteiger partial charge on any atom is 0.159 e. The van der Waals surface area contributed by atoms with Gasteiger partial charge in [-0.05, 0) is 105 Å². The predicted octanol–water partition coefficient (Wildman–Crippen LogP) is 6.13. The van der Waals surface area contributed by atoms with Crippen molar-refractivity contribution in [2.75, 3.05) is 13.1 Å². The van der Waals surface area contributed by atoms with Crippen LogP contribution in [0.1, 0.15) is 43.2 Å². The average molecular weight is 403 g/mol. The molecule has 2 aromatic rings. The molecule has 29 heavy (non-hydrogen) atoms. The van der Waals surface area contributed by atoms with Gasteiger partial charge in [0.2, 0.25) is 0 Å². The molecule has 154 valence electrons. The Kier molecular flexibility index (Phi) is 6.04. The number of benzene rings is 2. The first kappa shape index (κ1) is 20.1. The molecule has 0 bridgehead atoms. The van der Waals surface area contributed by atoms with Crippen LogP contribution in [0.25, 0.3) is 5.57 Å². The molecular weight excluding hydrogens is 378 g/mol. The van der Waals surface area contributed by atoms with Crippen LogP contribution in [-0.4, -0.2) is 24.0 Å². The zero-order valence-electron chi connectivity index (χ0n) is 16.3. The molecule has 0 aromatic heterocycles. The van der Waals surface area contributed by atoms with Gasteiger partial charge in [-0.3, -0.25) is 0 Å². The van der Waals surface area contributed by atoms with Gasteiger partial charge in [0.1, 0.15) is 11.6 Å². The normalized spacial score (nSPS) is 21.2. The third kappa shape index (κ3) is 4.72. The van der Waals surface area contributed by atoms with Gasteiger partial charge >= 0.3 is 0 Å². The molecule has 0 amide bonds. The largest absolute Gasteiger partial charge is 0.300 e. The van der Waals surface area contributed by atoms with Gasteiger partial charge < -0.3 is 4.90 Å². The quantitative estimate of drug-likeness (QED) is 0.555. The summed E-state index contributed by atoms with van der Waals surface area (Å²) in [6.07, 6.45) is 7.44. The van der Waals surface area contributed by atoms with Crippen molar-refractivity contribution < 1.29 is 17.6 Å². The van der Waals surface area contributed by atoms with E-state index in [9.17, 15) is 17.6 Å². The monoisotopic (exact) mass is 403 g/mol. The second-order valence-corrected chi connectivity index (χ2v) is 8.21. The van der Waals surface area contributed by atoms with Crippen LogP contribution >= 0.6 is 0 Å². The molecule has 5 heteroatoms. The molecule has 0 radical (unpaired) electrons. The highest BCUT2D eigenvalue weighted by Crippen LogP contribution is 2.32. The molecule has 2 aromatic carbocycles. The van der Waals surface area contributed by atoms with Crippen LogP contribution in [0, 0.1) is 29.2 Å². The van der Waals surface area contributed by atoms with Crippen LogP contribution in [0.3, 0.4) is 0 Å². The van der Waals surface area contributed by atoms with E-state index in [1.54, 1.807) is 6.07 Å². The molecule has 4 rings (SSSR count). The summed E-state index contributed by atoms with van der Waals surface area (Å²) >= 11 is 0. The van der Waals surface area contributed by atoms with Gasteiger partial charge in [-0.2, -0.15) is 0 Å². The molecule has 0 N–H and O–H groups in total. The van der Waals surface area contributed by atoms with Crippen LogP contribution in [0.4, 0.5) is 17.6 Å². The number of allylic oxidation sites excluding steroid dienone is 1. The van der Waals surface area contributed by atoms with Crippen molar-refractivity contribution in [1.82, 2.24) is 4.90 Å². The SMILES string of the molecule is Fc1ccc(F)c(CC2CCN(C3CC=C(c4ccc(F)c(F)c4)CC3)CC2)c1. The first-order chi connectivity index (χ1) is 14.0. The van der Waals surface area contributed by atoms with E-state index in [1.807, 2.05) is 0 Å². The lowest BCUT2D eigenvalue weighted by atomic mass is 9.86. The Morgan fingerprint density at radius 1 is 0.828 bits per heavy atom. The van der Waals surface area contributed by atoms with E-state index < -0.39 is 11.6 Å². The number of piperidine rings is 1. The summed E-state index contributed by atoms with van der Waals surface area (Å²) in [5, 5.41) is 0. The molecule has 1 aliphatic carbocycles. The lowest BCUT2D eigenvalue weighted by molar-refractivity contribution is 0.125. The minimum Gasteiger partial charge on any atom is -0.300 e. The second kappa shape index (κ2) is 8.70. The molecule has 1 nitrogen and oxygen atoms in total. The smallest absolute Gasteiger partial charge is 0.159 e. The first-order valence-corrected chi connectivity index (χ1v) is 10.3. The van der Waals surface area contributed by atoms with E-state index in [2.05, 4.69) is 11.0 Å². The van der Waals surface area contributed by atoms with Crippen LogP contribution in [0.5, 0.6) is 0 Å². The Balaban J connectivity index is 1.31. The van der Waals surface area contributed by atoms with Gasteiger partial charge in [0.05, 0.1) is 0 Å². The maximum atomic E-state index is 13.9. The molecule has 0 saturated carbocycles. The van der Waals surface area contributed by atoms with E-state index in [0.29, 0.717) is 23.9 Å². The van der Waals surface area contributed by atoms with Crippen LogP contribution < -0.4 is 0 Å². The van der Waals surface area contributed by atoms with Gasteiger partial charge in [-0.25, -0.2) is 17.6 Å². The van der Waals surface area contributed by atoms with Crippen LogP contribution in [0.15, 0.2) is 42.5 Å². The number of halogens is 4. The second-order valence-electron chi connectivity index (χ2n) is 8.21. The van der Waals surface area contributed by atoms with Crippen molar-refractivity contribution >= 4 is 5.57 Å². The number of likely N-dealkylation sites (tertiary alicyclic amines) is 1. The zero-order chi connectivity index (χ0) is 20.4. The lowest BCUT2D eigenvalue weighted by Crippen LogP contribution is -2.42. The molecule has 1 fully saturated rings. The first-order valence-electron chi connectivity index (χ1n) is 10.3. The summed E-state index contributed by atoms with van der Waals surface area (Å²) in [6, 6.07) is 8.24. The Morgan fingerprint density at radius 3 is 2.28 bits per heavy atom. The standard InChI is InChI=1S/C24H25F4N/c25-20-4-8-22(26)19(14-20)13-16-9-11-29(12-10-16)21-5-1-17(2-6-21)18-3-7-23(27)24(28)15-18/h1,3-4,7-8,14-16,21H,2,5-6,9-13H2. The molecule has 0 spiro atoms. The van der Waals surface area contributed by atoms with Crippen molar-refractivity contribution in [2.24, 2.45) is 5.92 Å². The Hall–Kier alpha value is -2.14. The van der Waals surface area contributed by atoms with E-state index >= 15 is 0 Å². The van der Waals surface area contributed by atoms with Crippen LogP contribution in [0.2, 0.25) is 0 Å². The fraction of sp³-hybridized carbons (Fsp3) is 0.417. The zero-order valence-corrected chi connectivity index (χ0v) is 16.3. The van der Waals surface area contributed by atoms with Gasteiger partial charge in [0, 0.05) is 6.04 Å². The average Bonchev–Trinajstić information content (AvgIpc) is 2.73. The fourth-order valence-electron chi connectivity index (χ4n) is 4.64. The summed E-state index contributed by atoms with van der Waals surface area (Å²) < 4.78 is 53.9. The van der Waals surface area contributed by atoms with Crippen molar-refractivity contribution in [2.45, 2.75) is 44.6 Å². The van der Waals surface area contributed by atoms with Crippen LogP contribution in [-0.2, 0) is 6.42 Å². The highest BCUT2D eigenvalue weighted by molar-refractivity contribution is 5.66. The summed E-state index contributed by atoms with van der Waals surface area (Å²) in [4.78, 5) is 2.48. The van der Waals surface area contributed by atoms with Crippen molar-refractivity contribution in [3.8, 4) is 0 Å². The number of hydrogen-bond acceptors (Lipinski definition) is 1. The number of rotatable bonds is 4. The van der Waals surface area contributed by atoms with Gasteiger partial charge in [0.25, 0.3) is 0 Å². The predicted molar refractivity (Wildman–Crippen MR) is 106 cm³/mol. The summed E-state index contributed by atoms with van der Waals surface area (Å²) in [6.45, 7) is 1.92. The summed E-state index contributed by atoms with van der Waals surface area (Å²) in [7, 11) is 0. The number of nitrogens with zero attached hydrogens (tertiary/aromatic N) is 1. The van der Waals surface area contributed by atoms with Gasteiger partial charge in [0.15, 0.2) is 11.6 Å². The molecule has 1 atom stereocenters. The summed E-state index contributed by atoms with van der Waals surface area (Å²) in [5.74, 6) is -1.95. The van der Waals surface area contributed by atoms with Crippen molar-refractivity contribution in [3.63, 3.8) is 0 Å². The maximum absolute atomic E-state index is 13.9. The molecule has 1 heterocycles. The van der Waals surface area contributed by atoms with E-state index in [1.165, 1.54) is 24.3 Å². The van der Waals surface area contributed by atoms with E-state index in [4.69, 9.17) is 0 Å². The highest BCUT2D eigenvalue weighted by Gasteiger charge is 2.27. The number of hydrogen-bond donors (Lipinski definition) is 0. The minimum atomic E-state index is -0.816. The third-order valence-electron chi connectivity index (χ3n) is 6.36. The highest BCUT2D eigenvalue weighted by atomic mass is 19.2. The topological polar surface area (TPSA) is 3.24 Å². The Morgan fingerprint density at radius 2 is 1.59 bits per heavy atom. The lowest BCUT2D eigenvalue weighted by Gasteiger charge is -2.39. The van der Waals surface area contributed by atoms with Crippen molar-refractivity contribution in [1.29, 1.82) is 0 Å². The molecule has 1 saturated heterocycles. The van der Waals surface area contributed by atoms with Gasteiger partial charge in [-0.1, -0.05) is 12.1 Å². The minimum absolute atomic E-state index is 0.323. The third-order valence-corrected chi connectivity index (χ3v) is 6.36. The molecular formula is C24H25F4N.